The average Bonchev–Trinajstić information content (AvgIpc) is 2.93. The number of phenolic OH excluding ortho intramolecular Hbond substituents is 1. The molecule has 10 nitrogen and oxygen atoms in total. The standard InChI is InChI=1S/C19H20FN5O5S/c1-24-6-2-3-11-4-5-12(8-15(11)24)21-19(28)22-13-7-14(20)18(16(26)9-13)25-10-17(27)23-31(25,29)30/h4-5,7-9,26H,2-3,6,10H2,1H3,(H,23,27)(H2,21,22,28). The topological polar surface area (TPSA) is 131 Å². The van der Waals surface area contributed by atoms with Gasteiger partial charge in [0.1, 0.15) is 18.0 Å². The van der Waals surface area contributed by atoms with Crippen LogP contribution < -0.4 is 24.6 Å². The lowest BCUT2D eigenvalue weighted by Gasteiger charge is -2.28. The van der Waals surface area contributed by atoms with Crippen molar-refractivity contribution in [2.24, 2.45) is 0 Å². The Morgan fingerprint density at radius 1 is 1.19 bits per heavy atom. The number of aromatic hydroxyl groups is 1. The second kappa shape index (κ2) is 7.61. The lowest BCUT2D eigenvalue weighted by atomic mass is 10.0. The molecule has 0 bridgehead atoms. The Hall–Kier alpha value is -3.54. The average molecular weight is 449 g/mol. The minimum atomic E-state index is -4.29. The predicted octanol–water partition coefficient (Wildman–Crippen LogP) is 1.74. The maximum Gasteiger partial charge on any atom is 0.326 e. The van der Waals surface area contributed by atoms with Crippen LogP contribution in [0.4, 0.5) is 31.9 Å². The third-order valence-corrected chi connectivity index (χ3v) is 6.44. The summed E-state index contributed by atoms with van der Waals surface area (Å²) in [6.45, 7) is 0.258. The summed E-state index contributed by atoms with van der Waals surface area (Å²) in [5.74, 6) is -2.72. The van der Waals surface area contributed by atoms with Crippen molar-refractivity contribution in [2.45, 2.75) is 12.8 Å². The third-order valence-electron chi connectivity index (χ3n) is 5.06. The molecule has 12 heteroatoms. The SMILES string of the molecule is CN1CCCc2ccc(NC(=O)Nc3cc(O)c(N4CC(=O)NS4(=O)=O)c(F)c3)cc21. The normalized spacial score (nSPS) is 17.2. The molecular formula is C19H20FN5O5S. The van der Waals surface area contributed by atoms with Crippen molar-refractivity contribution < 1.29 is 27.5 Å². The van der Waals surface area contributed by atoms with Crippen LogP contribution in [0.3, 0.4) is 0 Å². The van der Waals surface area contributed by atoms with Gasteiger partial charge in [-0.2, -0.15) is 8.42 Å². The molecular weight excluding hydrogens is 429 g/mol. The molecule has 3 amide bonds. The number of carbonyl (C=O) groups is 2. The van der Waals surface area contributed by atoms with E-state index in [0.717, 1.165) is 37.2 Å². The van der Waals surface area contributed by atoms with Gasteiger partial charge in [-0.1, -0.05) is 6.07 Å². The highest BCUT2D eigenvalue weighted by Crippen LogP contribution is 2.36. The summed E-state index contributed by atoms with van der Waals surface area (Å²) in [5.41, 5.74) is 1.97. The highest BCUT2D eigenvalue weighted by atomic mass is 32.2. The first-order valence-electron chi connectivity index (χ1n) is 9.42. The zero-order valence-corrected chi connectivity index (χ0v) is 17.3. The molecule has 0 saturated carbocycles. The maximum absolute atomic E-state index is 14.6. The zero-order valence-electron chi connectivity index (χ0n) is 16.5. The summed E-state index contributed by atoms with van der Waals surface area (Å²) in [6, 6.07) is 6.73. The van der Waals surface area contributed by atoms with Gasteiger partial charge in [0.15, 0.2) is 5.82 Å². The van der Waals surface area contributed by atoms with E-state index in [1.54, 1.807) is 10.8 Å². The Balaban J connectivity index is 1.51. The predicted molar refractivity (Wildman–Crippen MR) is 113 cm³/mol. The van der Waals surface area contributed by atoms with E-state index in [9.17, 15) is 27.5 Å². The third kappa shape index (κ3) is 4.06. The van der Waals surface area contributed by atoms with Crippen molar-refractivity contribution >= 4 is 44.9 Å². The number of nitrogens with zero attached hydrogens (tertiary/aromatic N) is 2. The molecule has 2 aromatic carbocycles. The molecule has 164 valence electrons. The zero-order chi connectivity index (χ0) is 22.3. The summed E-state index contributed by atoms with van der Waals surface area (Å²) >= 11 is 0. The smallest absolute Gasteiger partial charge is 0.326 e. The van der Waals surface area contributed by atoms with E-state index >= 15 is 0 Å². The van der Waals surface area contributed by atoms with E-state index < -0.39 is 45.9 Å². The fourth-order valence-electron chi connectivity index (χ4n) is 3.68. The van der Waals surface area contributed by atoms with E-state index in [-0.39, 0.29) is 5.69 Å². The summed E-state index contributed by atoms with van der Waals surface area (Å²) in [7, 11) is -2.32. The summed E-state index contributed by atoms with van der Waals surface area (Å²) in [5, 5.41) is 15.2. The first-order valence-corrected chi connectivity index (χ1v) is 10.9. The number of phenols is 1. The first kappa shape index (κ1) is 20.7. The van der Waals surface area contributed by atoms with Crippen LogP contribution in [-0.2, 0) is 21.4 Å². The summed E-state index contributed by atoms with van der Waals surface area (Å²) in [4.78, 5) is 25.8. The van der Waals surface area contributed by atoms with E-state index in [1.807, 2.05) is 19.2 Å². The number of anilines is 4. The minimum Gasteiger partial charge on any atom is -0.506 e. The summed E-state index contributed by atoms with van der Waals surface area (Å²) < 4.78 is 40.5. The second-order valence-corrected chi connectivity index (χ2v) is 8.91. The second-order valence-electron chi connectivity index (χ2n) is 7.31. The highest BCUT2D eigenvalue weighted by molar-refractivity contribution is 7.92. The lowest BCUT2D eigenvalue weighted by Crippen LogP contribution is -2.30. The molecule has 0 atom stereocenters. The molecule has 4 N–H and O–H groups in total. The molecule has 1 saturated heterocycles. The van der Waals surface area contributed by atoms with Gasteiger partial charge in [-0.3, -0.25) is 4.79 Å². The number of nitrogens with one attached hydrogen (secondary N) is 3. The van der Waals surface area contributed by atoms with Gasteiger partial charge in [0, 0.05) is 36.7 Å². The summed E-state index contributed by atoms with van der Waals surface area (Å²) in [6.07, 6.45) is 2.02. The number of benzene rings is 2. The number of amides is 3. The van der Waals surface area contributed by atoms with Crippen molar-refractivity contribution in [3.05, 3.63) is 41.7 Å². The van der Waals surface area contributed by atoms with Crippen molar-refractivity contribution in [2.75, 3.05) is 40.0 Å². The molecule has 1 fully saturated rings. The van der Waals surface area contributed by atoms with Gasteiger partial charge < -0.3 is 20.6 Å². The van der Waals surface area contributed by atoms with Gasteiger partial charge in [0.05, 0.1) is 0 Å². The molecule has 4 rings (SSSR count). The Labute approximate surface area is 177 Å². The van der Waals surface area contributed by atoms with Crippen LogP contribution in [0.25, 0.3) is 0 Å². The Bertz CT molecular complexity index is 1160. The highest BCUT2D eigenvalue weighted by Gasteiger charge is 2.37. The van der Waals surface area contributed by atoms with Crippen molar-refractivity contribution in [1.82, 2.24) is 4.72 Å². The van der Waals surface area contributed by atoms with Gasteiger partial charge in [-0.15, -0.1) is 0 Å². The molecule has 0 unspecified atom stereocenters. The van der Waals surface area contributed by atoms with Gasteiger partial charge >= 0.3 is 16.2 Å². The minimum absolute atomic E-state index is 0.0952. The molecule has 0 spiro atoms. The Morgan fingerprint density at radius 2 is 1.94 bits per heavy atom. The van der Waals surface area contributed by atoms with E-state index in [2.05, 4.69) is 15.5 Å². The quantitative estimate of drug-likeness (QED) is 0.565. The first-order chi connectivity index (χ1) is 14.6. The fraction of sp³-hybridized carbons (Fsp3) is 0.263. The van der Waals surface area contributed by atoms with Crippen molar-refractivity contribution in [3.8, 4) is 5.75 Å². The molecule has 0 radical (unpaired) electrons. The van der Waals surface area contributed by atoms with Crippen LogP contribution >= 0.6 is 0 Å². The number of carbonyl (C=O) groups excluding carboxylic acids is 2. The Kier molecular flexibility index (Phi) is 5.09. The number of rotatable bonds is 3. The van der Waals surface area contributed by atoms with Gasteiger partial charge in [0.2, 0.25) is 0 Å². The number of aryl methyl sites for hydroxylation is 1. The van der Waals surface area contributed by atoms with Gasteiger partial charge in [-0.25, -0.2) is 18.2 Å². The van der Waals surface area contributed by atoms with Crippen molar-refractivity contribution in [3.63, 3.8) is 0 Å². The monoisotopic (exact) mass is 449 g/mol. The van der Waals surface area contributed by atoms with Crippen LogP contribution in [0.1, 0.15) is 12.0 Å². The molecule has 2 aromatic rings. The number of urea groups is 1. The Morgan fingerprint density at radius 3 is 2.61 bits per heavy atom. The maximum atomic E-state index is 14.6. The largest absolute Gasteiger partial charge is 0.506 e. The van der Waals surface area contributed by atoms with Crippen LogP contribution in [0.2, 0.25) is 0 Å². The van der Waals surface area contributed by atoms with Crippen LogP contribution in [0.15, 0.2) is 30.3 Å². The number of fused-ring (bicyclic) bond motifs is 1. The molecule has 31 heavy (non-hydrogen) atoms. The number of hydrogen-bond acceptors (Lipinski definition) is 6. The van der Waals surface area contributed by atoms with Crippen molar-refractivity contribution in [1.29, 1.82) is 0 Å². The van der Waals surface area contributed by atoms with Gasteiger partial charge in [-0.05, 0) is 36.6 Å². The molecule has 0 aromatic heterocycles. The number of hydrogen-bond donors (Lipinski definition) is 4. The van der Waals surface area contributed by atoms with Crippen LogP contribution in [-0.4, -0.2) is 45.6 Å². The van der Waals surface area contributed by atoms with Crippen LogP contribution in [0.5, 0.6) is 5.75 Å². The van der Waals surface area contributed by atoms with E-state index in [4.69, 9.17) is 0 Å². The fourth-order valence-corrected chi connectivity index (χ4v) is 4.85. The molecule has 2 aliphatic heterocycles. The number of halogens is 1. The molecule has 2 heterocycles. The molecule has 0 aliphatic carbocycles. The van der Waals surface area contributed by atoms with E-state index in [1.165, 1.54) is 5.56 Å². The lowest BCUT2D eigenvalue weighted by molar-refractivity contribution is -0.117. The van der Waals surface area contributed by atoms with Crippen LogP contribution in [0, 0.1) is 5.82 Å². The van der Waals surface area contributed by atoms with E-state index in [0.29, 0.717) is 9.99 Å². The van der Waals surface area contributed by atoms with Gasteiger partial charge in [0.25, 0.3) is 5.91 Å². The molecule has 2 aliphatic rings.